The normalized spacial score (nSPS) is 9.48. The number of nitrogens with zero attached hydrogens (tertiary/aromatic N) is 2. The highest BCUT2D eigenvalue weighted by molar-refractivity contribution is 5.90. The minimum absolute atomic E-state index is 0.248. The number of carboxylic acid groups (broad SMARTS) is 1. The number of carbonyl (C=O) groups is 1. The van der Waals surface area contributed by atoms with Gasteiger partial charge < -0.3 is 10.4 Å². The van der Waals surface area contributed by atoms with Crippen LogP contribution >= 0.6 is 0 Å². The number of nitrogens with one attached hydrogen (secondary N) is 1. The number of aryl methyl sites for hydroxylation is 1. The summed E-state index contributed by atoms with van der Waals surface area (Å²) in [7, 11) is 0. The fourth-order valence-corrected chi connectivity index (χ4v) is 1.96. The summed E-state index contributed by atoms with van der Waals surface area (Å²) in [6.07, 6.45) is 0. The highest BCUT2D eigenvalue weighted by Crippen LogP contribution is 2.22. The third kappa shape index (κ3) is 2.99. The van der Waals surface area contributed by atoms with Gasteiger partial charge in [-0.2, -0.15) is 10.5 Å². The second kappa shape index (κ2) is 5.77. The number of nitriles is 2. The van der Waals surface area contributed by atoms with E-state index < -0.39 is 5.97 Å². The summed E-state index contributed by atoms with van der Waals surface area (Å²) >= 11 is 0. The van der Waals surface area contributed by atoms with Crippen molar-refractivity contribution >= 4 is 17.3 Å². The molecule has 0 fully saturated rings. The molecule has 0 bridgehead atoms. The second-order valence-corrected chi connectivity index (χ2v) is 4.44. The van der Waals surface area contributed by atoms with Crippen molar-refractivity contribution in [1.29, 1.82) is 10.5 Å². The molecule has 2 rings (SSSR count). The molecule has 5 nitrogen and oxygen atoms in total. The molecule has 0 aliphatic heterocycles. The van der Waals surface area contributed by atoms with Gasteiger partial charge in [0.1, 0.15) is 12.1 Å². The van der Waals surface area contributed by atoms with Crippen LogP contribution in [0.4, 0.5) is 11.4 Å². The van der Waals surface area contributed by atoms with Crippen molar-refractivity contribution in [2.24, 2.45) is 0 Å². The Morgan fingerprint density at radius 1 is 1.05 bits per heavy atom. The topological polar surface area (TPSA) is 96.9 Å². The first-order valence-corrected chi connectivity index (χ1v) is 6.10. The van der Waals surface area contributed by atoms with Crippen molar-refractivity contribution in [3.63, 3.8) is 0 Å². The van der Waals surface area contributed by atoms with E-state index in [1.165, 1.54) is 6.07 Å². The first-order chi connectivity index (χ1) is 10.0. The Labute approximate surface area is 121 Å². The van der Waals surface area contributed by atoms with E-state index in [0.717, 1.165) is 0 Å². The van der Waals surface area contributed by atoms with Gasteiger partial charge in [0.15, 0.2) is 0 Å². The van der Waals surface area contributed by atoms with Crippen molar-refractivity contribution in [1.82, 2.24) is 0 Å². The van der Waals surface area contributed by atoms with Gasteiger partial charge in [-0.15, -0.1) is 0 Å². The quantitative estimate of drug-likeness (QED) is 0.898. The van der Waals surface area contributed by atoms with Crippen molar-refractivity contribution in [2.75, 3.05) is 5.32 Å². The summed E-state index contributed by atoms with van der Waals surface area (Å²) in [6.45, 7) is 1.72. The van der Waals surface area contributed by atoms with Crippen LogP contribution in [0.3, 0.4) is 0 Å². The van der Waals surface area contributed by atoms with Crippen LogP contribution in [0, 0.1) is 29.6 Å². The SMILES string of the molecule is Cc1cc(Nc2ccc(C#N)c(C#N)c2)ccc1C(=O)O. The van der Waals surface area contributed by atoms with Gasteiger partial charge in [-0.3, -0.25) is 0 Å². The third-order valence-electron chi connectivity index (χ3n) is 3.01. The van der Waals surface area contributed by atoms with Gasteiger partial charge in [-0.25, -0.2) is 4.79 Å². The number of benzene rings is 2. The van der Waals surface area contributed by atoms with Gasteiger partial charge in [-0.1, -0.05) is 0 Å². The molecule has 0 atom stereocenters. The van der Waals surface area contributed by atoms with E-state index in [2.05, 4.69) is 5.32 Å². The predicted molar refractivity (Wildman–Crippen MR) is 77.3 cm³/mol. The molecule has 2 aromatic rings. The predicted octanol–water partition coefficient (Wildman–Crippen LogP) is 3.18. The molecular weight excluding hydrogens is 266 g/mol. The monoisotopic (exact) mass is 277 g/mol. The smallest absolute Gasteiger partial charge is 0.335 e. The van der Waals surface area contributed by atoms with Crippen LogP contribution in [0.15, 0.2) is 36.4 Å². The number of anilines is 2. The lowest BCUT2D eigenvalue weighted by Gasteiger charge is -2.09. The number of hydrogen-bond acceptors (Lipinski definition) is 4. The summed E-state index contributed by atoms with van der Waals surface area (Å²) in [5, 5.41) is 29.9. The maximum absolute atomic E-state index is 11.0. The summed E-state index contributed by atoms with van der Waals surface area (Å²) in [4.78, 5) is 11.0. The summed E-state index contributed by atoms with van der Waals surface area (Å²) in [5.74, 6) is -0.968. The van der Waals surface area contributed by atoms with Crippen LogP contribution in [0.1, 0.15) is 27.0 Å². The van der Waals surface area contributed by atoms with E-state index >= 15 is 0 Å². The maximum atomic E-state index is 11.0. The van der Waals surface area contributed by atoms with Crippen molar-refractivity contribution in [2.45, 2.75) is 6.92 Å². The molecule has 0 saturated carbocycles. The van der Waals surface area contributed by atoms with Crippen LogP contribution < -0.4 is 5.32 Å². The third-order valence-corrected chi connectivity index (χ3v) is 3.01. The van der Waals surface area contributed by atoms with Gasteiger partial charge in [0.05, 0.1) is 16.7 Å². The lowest BCUT2D eigenvalue weighted by molar-refractivity contribution is 0.0696. The fraction of sp³-hybridized carbons (Fsp3) is 0.0625. The molecule has 21 heavy (non-hydrogen) atoms. The number of aromatic carboxylic acids is 1. The molecule has 2 N–H and O–H groups in total. The average Bonchev–Trinajstić information content (AvgIpc) is 2.46. The zero-order valence-corrected chi connectivity index (χ0v) is 11.2. The van der Waals surface area contributed by atoms with Gasteiger partial charge in [0, 0.05) is 11.4 Å². The van der Waals surface area contributed by atoms with Crippen molar-refractivity contribution in [3.05, 3.63) is 58.7 Å². The number of hydrogen-bond donors (Lipinski definition) is 2. The molecule has 102 valence electrons. The van der Waals surface area contributed by atoms with E-state index in [0.29, 0.717) is 28.1 Å². The minimum atomic E-state index is -0.968. The summed E-state index contributed by atoms with van der Waals surface area (Å²) < 4.78 is 0. The number of rotatable bonds is 3. The van der Waals surface area contributed by atoms with Crippen molar-refractivity contribution < 1.29 is 9.90 Å². The standard InChI is InChI=1S/C16H11N3O2/c1-10-6-13(4-5-15(10)16(20)21)19-14-3-2-11(8-17)12(7-14)9-18/h2-7,19H,1H3,(H,20,21). The molecule has 2 aromatic carbocycles. The summed E-state index contributed by atoms with van der Waals surface area (Å²) in [6, 6.07) is 13.7. The Morgan fingerprint density at radius 2 is 1.67 bits per heavy atom. The van der Waals surface area contributed by atoms with E-state index in [9.17, 15) is 4.79 Å². The highest BCUT2D eigenvalue weighted by Gasteiger charge is 2.08. The Bertz CT molecular complexity index is 798. The van der Waals surface area contributed by atoms with Crippen LogP contribution in [0.2, 0.25) is 0 Å². The molecule has 0 saturated heterocycles. The highest BCUT2D eigenvalue weighted by atomic mass is 16.4. The second-order valence-electron chi connectivity index (χ2n) is 4.44. The molecule has 0 aliphatic carbocycles. The van der Waals surface area contributed by atoms with E-state index in [1.54, 1.807) is 37.3 Å². The van der Waals surface area contributed by atoms with E-state index in [1.807, 2.05) is 12.1 Å². The van der Waals surface area contributed by atoms with Crippen LogP contribution in [0.25, 0.3) is 0 Å². The van der Waals surface area contributed by atoms with Crippen LogP contribution in [-0.4, -0.2) is 11.1 Å². The molecule has 0 aromatic heterocycles. The Hall–Kier alpha value is -3.31. The molecule has 0 amide bonds. The zero-order chi connectivity index (χ0) is 15.4. The molecule has 5 heteroatoms. The van der Waals surface area contributed by atoms with Gasteiger partial charge in [0.25, 0.3) is 0 Å². The molecule has 0 spiro atoms. The van der Waals surface area contributed by atoms with E-state index in [-0.39, 0.29) is 5.56 Å². The van der Waals surface area contributed by atoms with Gasteiger partial charge in [-0.05, 0) is 48.9 Å². The number of carboxylic acids is 1. The Morgan fingerprint density at radius 3 is 2.24 bits per heavy atom. The van der Waals surface area contributed by atoms with Gasteiger partial charge in [0.2, 0.25) is 0 Å². The first-order valence-electron chi connectivity index (χ1n) is 6.10. The zero-order valence-electron chi connectivity index (χ0n) is 11.2. The maximum Gasteiger partial charge on any atom is 0.335 e. The van der Waals surface area contributed by atoms with Crippen LogP contribution in [0.5, 0.6) is 0 Å². The molecule has 0 unspecified atom stereocenters. The van der Waals surface area contributed by atoms with E-state index in [4.69, 9.17) is 15.6 Å². The van der Waals surface area contributed by atoms with Gasteiger partial charge >= 0.3 is 5.97 Å². The summed E-state index contributed by atoms with van der Waals surface area (Å²) in [5.41, 5.74) is 2.88. The Balaban J connectivity index is 2.31. The Kier molecular flexibility index (Phi) is 3.87. The fourth-order valence-electron chi connectivity index (χ4n) is 1.96. The molecule has 0 radical (unpaired) electrons. The largest absolute Gasteiger partial charge is 0.478 e. The average molecular weight is 277 g/mol. The minimum Gasteiger partial charge on any atom is -0.478 e. The first kappa shape index (κ1) is 14.1. The molecule has 0 aliphatic rings. The van der Waals surface area contributed by atoms with Crippen LogP contribution in [-0.2, 0) is 0 Å². The lowest BCUT2D eigenvalue weighted by atomic mass is 10.1. The lowest BCUT2D eigenvalue weighted by Crippen LogP contribution is -2.00. The van der Waals surface area contributed by atoms with Crippen molar-refractivity contribution in [3.8, 4) is 12.1 Å². The molecule has 0 heterocycles. The molecular formula is C16H11N3O2.